The van der Waals surface area contributed by atoms with Crippen LogP contribution in [0.15, 0.2) is 91.0 Å². The predicted molar refractivity (Wildman–Crippen MR) is 99.5 cm³/mol. The summed E-state index contributed by atoms with van der Waals surface area (Å²) in [6.45, 7) is 2.10. The highest BCUT2D eigenvalue weighted by Gasteiger charge is 2.20. The van der Waals surface area contributed by atoms with E-state index in [9.17, 15) is 4.79 Å². The van der Waals surface area contributed by atoms with Crippen LogP contribution in [0.3, 0.4) is 0 Å². The summed E-state index contributed by atoms with van der Waals surface area (Å²) >= 11 is 0. The molecule has 0 fully saturated rings. The van der Waals surface area contributed by atoms with Gasteiger partial charge < -0.3 is 0 Å². The standard InChI is InChI=1S/C22H21NO/c1-18(19-11-5-2-6-12-19)17-22(24)23(20-13-7-3-8-14-20)21-15-9-4-10-16-21/h2-16,18H,17H2,1H3. The van der Waals surface area contributed by atoms with Gasteiger partial charge in [-0.15, -0.1) is 0 Å². The topological polar surface area (TPSA) is 20.3 Å². The van der Waals surface area contributed by atoms with E-state index in [1.165, 1.54) is 5.56 Å². The first-order valence-electron chi connectivity index (χ1n) is 8.23. The second-order valence-electron chi connectivity index (χ2n) is 5.92. The molecule has 3 aromatic rings. The fourth-order valence-electron chi connectivity index (χ4n) is 2.84. The minimum absolute atomic E-state index is 0.101. The summed E-state index contributed by atoms with van der Waals surface area (Å²) in [4.78, 5) is 14.9. The lowest BCUT2D eigenvalue weighted by Crippen LogP contribution is -2.26. The van der Waals surface area contributed by atoms with E-state index in [1.807, 2.05) is 78.9 Å². The van der Waals surface area contributed by atoms with E-state index in [2.05, 4.69) is 19.1 Å². The lowest BCUT2D eigenvalue weighted by molar-refractivity contribution is -0.118. The molecule has 1 unspecified atom stereocenters. The van der Waals surface area contributed by atoms with E-state index >= 15 is 0 Å². The van der Waals surface area contributed by atoms with Crippen molar-refractivity contribution >= 4 is 17.3 Å². The van der Waals surface area contributed by atoms with Gasteiger partial charge in [-0.3, -0.25) is 9.69 Å². The number of hydrogen-bond donors (Lipinski definition) is 0. The molecule has 0 bridgehead atoms. The molecule has 0 radical (unpaired) electrons. The molecule has 0 spiro atoms. The summed E-state index contributed by atoms with van der Waals surface area (Å²) in [6, 6.07) is 29.8. The Hall–Kier alpha value is -2.87. The van der Waals surface area contributed by atoms with Gasteiger partial charge in [0.2, 0.25) is 5.91 Å². The Bertz CT molecular complexity index is 729. The van der Waals surface area contributed by atoms with Gasteiger partial charge in [-0.1, -0.05) is 73.7 Å². The van der Waals surface area contributed by atoms with Crippen molar-refractivity contribution in [3.05, 3.63) is 96.6 Å². The molecule has 1 amide bonds. The molecule has 0 aliphatic rings. The Morgan fingerprint density at radius 1 is 0.750 bits per heavy atom. The van der Waals surface area contributed by atoms with E-state index in [1.54, 1.807) is 4.90 Å². The molecule has 0 saturated carbocycles. The zero-order chi connectivity index (χ0) is 16.8. The molecule has 2 heteroatoms. The van der Waals surface area contributed by atoms with Crippen molar-refractivity contribution in [1.82, 2.24) is 0 Å². The van der Waals surface area contributed by atoms with E-state index in [0.717, 1.165) is 11.4 Å². The van der Waals surface area contributed by atoms with E-state index in [-0.39, 0.29) is 11.8 Å². The third-order valence-electron chi connectivity index (χ3n) is 4.13. The molecule has 3 rings (SSSR count). The summed E-state index contributed by atoms with van der Waals surface area (Å²) < 4.78 is 0. The molecule has 2 nitrogen and oxygen atoms in total. The molecule has 0 N–H and O–H groups in total. The molecular formula is C22H21NO. The van der Waals surface area contributed by atoms with Crippen LogP contribution in [-0.2, 0) is 4.79 Å². The Morgan fingerprint density at radius 3 is 1.62 bits per heavy atom. The van der Waals surface area contributed by atoms with Crippen LogP contribution in [-0.4, -0.2) is 5.91 Å². The van der Waals surface area contributed by atoms with Gasteiger partial charge in [0, 0.05) is 17.8 Å². The van der Waals surface area contributed by atoms with Gasteiger partial charge >= 0.3 is 0 Å². The Labute approximate surface area is 143 Å². The molecule has 0 aliphatic carbocycles. The largest absolute Gasteiger partial charge is 0.281 e. The van der Waals surface area contributed by atoms with Crippen molar-refractivity contribution in [3.63, 3.8) is 0 Å². The maximum Gasteiger partial charge on any atom is 0.232 e. The molecule has 120 valence electrons. The minimum atomic E-state index is 0.101. The van der Waals surface area contributed by atoms with Crippen LogP contribution in [0.5, 0.6) is 0 Å². The predicted octanol–water partition coefficient (Wildman–Crippen LogP) is 5.55. The number of carbonyl (C=O) groups is 1. The van der Waals surface area contributed by atoms with Crippen LogP contribution in [0.2, 0.25) is 0 Å². The van der Waals surface area contributed by atoms with Gasteiger partial charge in [-0.25, -0.2) is 0 Å². The fraction of sp³-hybridized carbons (Fsp3) is 0.136. The SMILES string of the molecule is CC(CC(=O)N(c1ccccc1)c1ccccc1)c1ccccc1. The second kappa shape index (κ2) is 7.60. The summed E-state index contributed by atoms with van der Waals surface area (Å²) in [6.07, 6.45) is 0.466. The van der Waals surface area contributed by atoms with Gasteiger partial charge in [0.25, 0.3) is 0 Å². The number of carbonyl (C=O) groups excluding carboxylic acids is 1. The molecule has 0 saturated heterocycles. The number of amides is 1. The number of hydrogen-bond acceptors (Lipinski definition) is 1. The second-order valence-corrected chi connectivity index (χ2v) is 5.92. The average molecular weight is 315 g/mol. The molecule has 24 heavy (non-hydrogen) atoms. The Kier molecular flexibility index (Phi) is 5.07. The molecule has 1 atom stereocenters. The highest BCUT2D eigenvalue weighted by Crippen LogP contribution is 2.28. The summed E-state index contributed by atoms with van der Waals surface area (Å²) in [5, 5.41) is 0. The average Bonchev–Trinajstić information content (AvgIpc) is 2.64. The van der Waals surface area contributed by atoms with Crippen molar-refractivity contribution in [2.75, 3.05) is 4.90 Å². The maximum absolute atomic E-state index is 13.1. The Balaban J connectivity index is 1.87. The minimum Gasteiger partial charge on any atom is -0.281 e. The first-order valence-corrected chi connectivity index (χ1v) is 8.23. The van der Waals surface area contributed by atoms with Crippen LogP contribution < -0.4 is 4.90 Å². The van der Waals surface area contributed by atoms with Crippen LogP contribution in [0.4, 0.5) is 11.4 Å². The molecule has 0 heterocycles. The third kappa shape index (κ3) is 3.72. The highest BCUT2D eigenvalue weighted by atomic mass is 16.2. The molecule has 3 aromatic carbocycles. The van der Waals surface area contributed by atoms with Gasteiger partial charge in [0.15, 0.2) is 0 Å². The number of nitrogens with zero attached hydrogens (tertiary/aromatic N) is 1. The Morgan fingerprint density at radius 2 is 1.17 bits per heavy atom. The third-order valence-corrected chi connectivity index (χ3v) is 4.13. The smallest absolute Gasteiger partial charge is 0.232 e. The zero-order valence-electron chi connectivity index (χ0n) is 13.8. The number of para-hydroxylation sites is 2. The monoisotopic (exact) mass is 315 g/mol. The fourth-order valence-corrected chi connectivity index (χ4v) is 2.84. The lowest BCUT2D eigenvalue weighted by atomic mass is 9.97. The van der Waals surface area contributed by atoms with Crippen molar-refractivity contribution in [2.45, 2.75) is 19.3 Å². The van der Waals surface area contributed by atoms with Crippen LogP contribution in [0.1, 0.15) is 24.8 Å². The lowest BCUT2D eigenvalue weighted by Gasteiger charge is -2.24. The maximum atomic E-state index is 13.1. The summed E-state index contributed by atoms with van der Waals surface area (Å²) in [5.74, 6) is 0.275. The first-order chi connectivity index (χ1) is 11.8. The van der Waals surface area contributed by atoms with Gasteiger partial charge in [0.1, 0.15) is 0 Å². The van der Waals surface area contributed by atoms with E-state index in [4.69, 9.17) is 0 Å². The first kappa shape index (κ1) is 16.0. The normalized spacial score (nSPS) is 11.7. The van der Waals surface area contributed by atoms with Crippen molar-refractivity contribution < 1.29 is 4.79 Å². The van der Waals surface area contributed by atoms with Gasteiger partial charge in [-0.2, -0.15) is 0 Å². The zero-order valence-corrected chi connectivity index (χ0v) is 13.8. The van der Waals surface area contributed by atoms with Crippen LogP contribution in [0.25, 0.3) is 0 Å². The molecule has 0 aromatic heterocycles. The van der Waals surface area contributed by atoms with Crippen molar-refractivity contribution in [1.29, 1.82) is 0 Å². The molecule has 0 aliphatic heterocycles. The number of rotatable bonds is 5. The highest BCUT2D eigenvalue weighted by molar-refractivity contribution is 6.00. The van der Waals surface area contributed by atoms with Gasteiger partial charge in [-0.05, 0) is 35.7 Å². The molecular weight excluding hydrogens is 294 g/mol. The van der Waals surface area contributed by atoms with Gasteiger partial charge in [0.05, 0.1) is 0 Å². The van der Waals surface area contributed by atoms with E-state index < -0.39 is 0 Å². The summed E-state index contributed by atoms with van der Waals surface area (Å²) in [7, 11) is 0. The van der Waals surface area contributed by atoms with Crippen LogP contribution >= 0.6 is 0 Å². The number of benzene rings is 3. The van der Waals surface area contributed by atoms with E-state index in [0.29, 0.717) is 6.42 Å². The number of anilines is 2. The van der Waals surface area contributed by atoms with Crippen molar-refractivity contribution in [3.8, 4) is 0 Å². The van der Waals surface area contributed by atoms with Crippen molar-refractivity contribution in [2.24, 2.45) is 0 Å². The van der Waals surface area contributed by atoms with Crippen LogP contribution in [0, 0.1) is 0 Å². The quantitative estimate of drug-likeness (QED) is 0.605. The summed E-state index contributed by atoms with van der Waals surface area (Å²) in [5.41, 5.74) is 2.98.